The molecule has 0 radical (unpaired) electrons. The van der Waals surface area contributed by atoms with E-state index in [9.17, 15) is 37.5 Å². The normalized spacial score (nSPS) is 15.4. The van der Waals surface area contributed by atoms with Crippen LogP contribution in [0.1, 0.15) is 52.0 Å². The number of hydrogen-bond donors (Lipinski definition) is 2. The first-order valence-corrected chi connectivity index (χ1v) is 18.0. The number of rotatable bonds is 7. The van der Waals surface area contributed by atoms with Crippen LogP contribution in [-0.2, 0) is 54.9 Å². The molecule has 15 nitrogen and oxygen atoms in total. The van der Waals surface area contributed by atoms with E-state index in [1.807, 2.05) is 18.2 Å². The van der Waals surface area contributed by atoms with Crippen molar-refractivity contribution < 1.29 is 32.6 Å². The fourth-order valence-corrected chi connectivity index (χ4v) is 7.55. The second-order valence-electron chi connectivity index (χ2n) is 13.5. The van der Waals surface area contributed by atoms with Gasteiger partial charge in [0.15, 0.2) is 11.5 Å². The van der Waals surface area contributed by atoms with E-state index in [1.54, 1.807) is 11.8 Å². The molecule has 6 heterocycles. The minimum absolute atomic E-state index is 0.0371. The number of hydrogen-bond acceptors (Lipinski definition) is 10. The molecule has 0 unspecified atom stereocenters. The molecule has 3 aliphatic heterocycles. The SMILES string of the molecule is CCc1c(N2CCN(C(=O)c3nc4n(c(=O)c3O)CCC4)CC2)c(=O)n2nc(-c3ccc4c(c3)COC4)nc2n1CC(=O)Nc1ccc(C(F)(F)F)cc1Cl. The second-order valence-corrected chi connectivity index (χ2v) is 13.9. The molecule has 3 aliphatic rings. The van der Waals surface area contributed by atoms with Crippen LogP contribution in [0.3, 0.4) is 0 Å². The maximum Gasteiger partial charge on any atom is 0.416 e. The highest BCUT2D eigenvalue weighted by Crippen LogP contribution is 2.34. The third-order valence-corrected chi connectivity index (χ3v) is 10.4. The van der Waals surface area contributed by atoms with Crippen molar-refractivity contribution in [2.45, 2.75) is 58.7 Å². The number of carbonyl (C=O) groups excluding carboxylic acids is 2. The number of aromatic hydroxyl groups is 1. The first kappa shape index (κ1) is 36.2. The Morgan fingerprint density at radius 2 is 1.75 bits per heavy atom. The predicted octanol–water partition coefficient (Wildman–Crippen LogP) is 3.63. The van der Waals surface area contributed by atoms with Crippen molar-refractivity contribution in [2.24, 2.45) is 0 Å². The van der Waals surface area contributed by atoms with Crippen LogP contribution < -0.4 is 21.3 Å². The summed E-state index contributed by atoms with van der Waals surface area (Å²) >= 11 is 6.14. The minimum atomic E-state index is -4.63. The molecule has 0 atom stereocenters. The molecule has 3 aromatic heterocycles. The fourth-order valence-electron chi connectivity index (χ4n) is 7.33. The van der Waals surface area contributed by atoms with Crippen molar-refractivity contribution in [1.29, 1.82) is 0 Å². The lowest BCUT2D eigenvalue weighted by Crippen LogP contribution is -2.51. The van der Waals surface area contributed by atoms with E-state index < -0.39 is 47.0 Å². The van der Waals surface area contributed by atoms with Gasteiger partial charge >= 0.3 is 6.18 Å². The van der Waals surface area contributed by atoms with Crippen LogP contribution in [0.15, 0.2) is 46.0 Å². The lowest BCUT2D eigenvalue weighted by atomic mass is 10.1. The number of aromatic nitrogens is 6. The Morgan fingerprint density at radius 1 is 0.982 bits per heavy atom. The highest BCUT2D eigenvalue weighted by atomic mass is 35.5. The van der Waals surface area contributed by atoms with Crippen LogP contribution in [0.25, 0.3) is 17.2 Å². The molecular formula is C36H33ClF3N9O6. The Hall–Kier alpha value is -5.75. The number of halogens is 4. The van der Waals surface area contributed by atoms with Gasteiger partial charge in [-0.2, -0.15) is 22.7 Å². The van der Waals surface area contributed by atoms with Gasteiger partial charge in [-0.3, -0.25) is 23.7 Å². The van der Waals surface area contributed by atoms with Crippen molar-refractivity contribution in [3.8, 4) is 17.1 Å². The van der Waals surface area contributed by atoms with Gasteiger partial charge < -0.3 is 29.5 Å². The van der Waals surface area contributed by atoms with Crippen LogP contribution in [0.4, 0.5) is 24.5 Å². The Balaban J connectivity index is 1.14. The molecule has 0 saturated carbocycles. The van der Waals surface area contributed by atoms with Crippen LogP contribution in [0, 0.1) is 0 Å². The number of amides is 2. The van der Waals surface area contributed by atoms with Crippen molar-refractivity contribution in [1.82, 2.24) is 33.6 Å². The summed E-state index contributed by atoms with van der Waals surface area (Å²) in [6.45, 7) is 3.27. The van der Waals surface area contributed by atoms with E-state index in [4.69, 9.17) is 21.3 Å². The molecule has 55 heavy (non-hydrogen) atoms. The first-order chi connectivity index (χ1) is 26.3. The van der Waals surface area contributed by atoms with Gasteiger partial charge in [-0.05, 0) is 48.2 Å². The van der Waals surface area contributed by atoms with E-state index in [-0.39, 0.29) is 66.3 Å². The van der Waals surface area contributed by atoms with Gasteiger partial charge in [-0.25, -0.2) is 4.98 Å². The summed E-state index contributed by atoms with van der Waals surface area (Å²) in [5.74, 6) is -1.24. The summed E-state index contributed by atoms with van der Waals surface area (Å²) < 4.78 is 49.4. The van der Waals surface area contributed by atoms with Gasteiger partial charge in [0.1, 0.15) is 18.1 Å². The second kappa shape index (κ2) is 13.8. The predicted molar refractivity (Wildman–Crippen MR) is 192 cm³/mol. The largest absolute Gasteiger partial charge is 0.501 e. The number of benzene rings is 2. The van der Waals surface area contributed by atoms with E-state index >= 15 is 0 Å². The Kier molecular flexibility index (Phi) is 9.11. The number of anilines is 2. The molecule has 2 N–H and O–H groups in total. The lowest BCUT2D eigenvalue weighted by molar-refractivity contribution is -0.137. The lowest BCUT2D eigenvalue weighted by Gasteiger charge is -2.36. The van der Waals surface area contributed by atoms with Gasteiger partial charge in [0.05, 0.1) is 35.2 Å². The summed E-state index contributed by atoms with van der Waals surface area (Å²) in [5.41, 5.74) is 0.761. The molecule has 286 valence electrons. The van der Waals surface area contributed by atoms with Crippen LogP contribution in [-0.4, -0.2) is 76.7 Å². The molecule has 0 spiro atoms. The topological polar surface area (TPSA) is 169 Å². The number of fused-ring (bicyclic) bond motifs is 3. The Bertz CT molecular complexity index is 2520. The number of piperazine rings is 1. The standard InChI is InChI=1S/C36H33ClF3N9O6/c1-2-25-29(45-10-12-46(13-11-45)32(52)28-30(51)34(54)47-9-3-4-26(47)42-28)33(53)49-35(43-31(44-49)19-5-6-20-17-55-18-21(20)14-19)48(25)16-27(50)41-24-8-7-22(15-23(24)37)36(38,39)40/h5-8,14-15,51H,2-4,9-13,16-18H2,1H3,(H,41,50). The zero-order valence-corrected chi connectivity index (χ0v) is 30.1. The van der Waals surface area contributed by atoms with Gasteiger partial charge in [-0.1, -0.05) is 30.7 Å². The average molecular weight is 780 g/mol. The Labute approximate surface area is 314 Å². The molecule has 0 aliphatic carbocycles. The van der Waals surface area contributed by atoms with Crippen LogP contribution >= 0.6 is 11.6 Å². The minimum Gasteiger partial charge on any atom is -0.501 e. The van der Waals surface area contributed by atoms with E-state index in [0.29, 0.717) is 49.7 Å². The number of nitrogens with one attached hydrogen (secondary N) is 1. The number of alkyl halides is 3. The molecule has 8 rings (SSSR count). The molecule has 2 aromatic carbocycles. The molecule has 1 saturated heterocycles. The monoisotopic (exact) mass is 779 g/mol. The summed E-state index contributed by atoms with van der Waals surface area (Å²) in [4.78, 5) is 66.5. The number of aryl methyl sites for hydroxylation is 1. The molecule has 0 bridgehead atoms. The number of carbonyl (C=O) groups is 2. The van der Waals surface area contributed by atoms with Crippen LogP contribution in [0.5, 0.6) is 5.75 Å². The Morgan fingerprint density at radius 3 is 2.47 bits per heavy atom. The third kappa shape index (κ3) is 6.48. The molecule has 1 fully saturated rings. The van der Waals surface area contributed by atoms with Gasteiger partial charge in [0.2, 0.25) is 17.4 Å². The maximum absolute atomic E-state index is 14.4. The highest BCUT2D eigenvalue weighted by Gasteiger charge is 2.33. The van der Waals surface area contributed by atoms with E-state index in [2.05, 4.69) is 15.4 Å². The average Bonchev–Trinajstić information content (AvgIpc) is 3.94. The third-order valence-electron chi connectivity index (χ3n) is 10.1. The van der Waals surface area contributed by atoms with E-state index in [0.717, 1.165) is 33.8 Å². The zero-order valence-electron chi connectivity index (χ0n) is 29.3. The van der Waals surface area contributed by atoms with Crippen molar-refractivity contribution in [3.63, 3.8) is 0 Å². The smallest absolute Gasteiger partial charge is 0.416 e. The highest BCUT2D eigenvalue weighted by molar-refractivity contribution is 6.33. The summed E-state index contributed by atoms with van der Waals surface area (Å²) in [7, 11) is 0. The molecule has 5 aromatic rings. The summed E-state index contributed by atoms with van der Waals surface area (Å²) in [6.07, 6.45) is -3.18. The van der Waals surface area contributed by atoms with Crippen molar-refractivity contribution in [3.05, 3.63) is 96.0 Å². The first-order valence-electron chi connectivity index (χ1n) is 17.6. The number of ether oxygens (including phenoxy) is 1. The van der Waals surface area contributed by atoms with Crippen molar-refractivity contribution >= 4 is 40.6 Å². The van der Waals surface area contributed by atoms with Crippen molar-refractivity contribution in [2.75, 3.05) is 36.4 Å². The maximum atomic E-state index is 14.4. The summed E-state index contributed by atoms with van der Waals surface area (Å²) in [6, 6.07) is 8.20. The van der Waals surface area contributed by atoms with Gasteiger partial charge in [0, 0.05) is 44.7 Å². The molecule has 19 heteroatoms. The zero-order chi connectivity index (χ0) is 38.8. The molecular weight excluding hydrogens is 747 g/mol. The van der Waals surface area contributed by atoms with Crippen LogP contribution in [0.2, 0.25) is 5.02 Å². The number of nitrogens with zero attached hydrogens (tertiary/aromatic N) is 8. The molecule has 2 amide bonds. The van der Waals surface area contributed by atoms with Gasteiger partial charge in [0.25, 0.3) is 17.0 Å². The van der Waals surface area contributed by atoms with Gasteiger partial charge in [-0.15, -0.1) is 5.10 Å². The fraction of sp³-hybridized carbons (Fsp3) is 0.361. The summed E-state index contributed by atoms with van der Waals surface area (Å²) in [5, 5.41) is 17.4. The quantitative estimate of drug-likeness (QED) is 0.249. The van der Waals surface area contributed by atoms with E-state index in [1.165, 1.54) is 14.0 Å².